The van der Waals surface area contributed by atoms with Crippen LogP contribution in [-0.4, -0.2) is 26.5 Å². The lowest BCUT2D eigenvalue weighted by Gasteiger charge is -2.36. The van der Waals surface area contributed by atoms with Gasteiger partial charge in [0.2, 0.25) is 0 Å². The van der Waals surface area contributed by atoms with Crippen molar-refractivity contribution < 1.29 is 0 Å². The number of hydrogen-bond donors (Lipinski definition) is 0. The van der Waals surface area contributed by atoms with Crippen LogP contribution in [0.2, 0.25) is 0 Å². The predicted molar refractivity (Wildman–Crippen MR) is 72.7 cm³/mol. The average Bonchev–Trinajstić information content (AvgIpc) is 2.48. The summed E-state index contributed by atoms with van der Waals surface area (Å²) in [7, 11) is 0. The Bertz CT molecular complexity index is 543. The third-order valence-electron chi connectivity index (χ3n) is 3.48. The highest BCUT2D eigenvalue weighted by Crippen LogP contribution is 2.32. The van der Waals surface area contributed by atoms with Crippen LogP contribution in [0, 0.1) is 6.92 Å². The van der Waals surface area contributed by atoms with Crippen LogP contribution in [0.5, 0.6) is 0 Å². The highest BCUT2D eigenvalue weighted by Gasteiger charge is 2.26. The second-order valence-electron chi connectivity index (χ2n) is 4.80. The normalized spacial score (nSPS) is 19.4. The topological polar surface area (TPSA) is 54.8 Å². The molecule has 1 fully saturated rings. The van der Waals surface area contributed by atoms with E-state index in [4.69, 9.17) is 0 Å². The van der Waals surface area contributed by atoms with E-state index in [0.29, 0.717) is 0 Å². The van der Waals surface area contributed by atoms with Gasteiger partial charge >= 0.3 is 0 Å². The summed E-state index contributed by atoms with van der Waals surface area (Å²) in [6.45, 7) is 2.93. The largest absolute Gasteiger partial charge is 0.348 e. The summed E-state index contributed by atoms with van der Waals surface area (Å²) in [5, 5.41) is 0. The van der Waals surface area contributed by atoms with E-state index in [1.807, 2.05) is 25.4 Å². The van der Waals surface area contributed by atoms with Crippen molar-refractivity contribution in [2.75, 3.05) is 11.4 Å². The molecule has 2 aromatic heterocycles. The van der Waals surface area contributed by atoms with Crippen LogP contribution in [0.15, 0.2) is 30.9 Å². The first-order valence-corrected chi connectivity index (χ1v) is 6.67. The highest BCUT2D eigenvalue weighted by molar-refractivity contribution is 5.41. The van der Waals surface area contributed by atoms with Crippen molar-refractivity contribution in [1.82, 2.24) is 19.9 Å². The summed E-state index contributed by atoms with van der Waals surface area (Å²) < 4.78 is 0. The number of aromatic nitrogens is 4. The third-order valence-corrected chi connectivity index (χ3v) is 3.48. The molecule has 1 saturated heterocycles. The summed E-state index contributed by atoms with van der Waals surface area (Å²) in [5.41, 5.74) is 1.03. The summed E-state index contributed by atoms with van der Waals surface area (Å²) in [4.78, 5) is 19.7. The second-order valence-corrected chi connectivity index (χ2v) is 4.80. The van der Waals surface area contributed by atoms with E-state index >= 15 is 0 Å². The van der Waals surface area contributed by atoms with Crippen LogP contribution in [0.1, 0.15) is 36.8 Å². The summed E-state index contributed by atoms with van der Waals surface area (Å²) in [6, 6.07) is 2.25. The molecule has 3 rings (SSSR count). The van der Waals surface area contributed by atoms with Crippen LogP contribution < -0.4 is 4.90 Å². The number of aryl methyl sites for hydroxylation is 1. The average molecular weight is 255 g/mol. The number of piperidine rings is 1. The van der Waals surface area contributed by atoms with Gasteiger partial charge in [0.05, 0.1) is 17.9 Å². The first-order valence-electron chi connectivity index (χ1n) is 6.67. The first-order chi connectivity index (χ1) is 9.34. The van der Waals surface area contributed by atoms with E-state index < -0.39 is 0 Å². The van der Waals surface area contributed by atoms with Crippen LogP contribution in [0.3, 0.4) is 0 Å². The van der Waals surface area contributed by atoms with E-state index in [9.17, 15) is 0 Å². The molecule has 98 valence electrons. The third kappa shape index (κ3) is 2.54. The first kappa shape index (κ1) is 12.0. The van der Waals surface area contributed by atoms with E-state index in [2.05, 4.69) is 24.8 Å². The molecule has 0 radical (unpaired) electrons. The lowest BCUT2D eigenvalue weighted by atomic mass is 9.99. The number of hydrogen-bond acceptors (Lipinski definition) is 5. The van der Waals surface area contributed by atoms with E-state index in [1.165, 1.54) is 12.8 Å². The molecule has 5 heteroatoms. The zero-order valence-electron chi connectivity index (χ0n) is 11.0. The van der Waals surface area contributed by atoms with Gasteiger partial charge in [0.1, 0.15) is 11.6 Å². The molecule has 1 atom stereocenters. The molecule has 2 aromatic rings. The van der Waals surface area contributed by atoms with Gasteiger partial charge in [-0.05, 0) is 32.3 Å². The van der Waals surface area contributed by atoms with Crippen molar-refractivity contribution in [2.45, 2.75) is 32.2 Å². The molecule has 0 N–H and O–H groups in total. The molecule has 1 aliphatic heterocycles. The van der Waals surface area contributed by atoms with Gasteiger partial charge in [-0.1, -0.05) is 0 Å². The van der Waals surface area contributed by atoms with Crippen molar-refractivity contribution in [1.29, 1.82) is 0 Å². The van der Waals surface area contributed by atoms with Crippen LogP contribution in [0.4, 0.5) is 5.82 Å². The van der Waals surface area contributed by atoms with Gasteiger partial charge in [-0.25, -0.2) is 9.97 Å². The van der Waals surface area contributed by atoms with Gasteiger partial charge in [0.15, 0.2) is 0 Å². The van der Waals surface area contributed by atoms with Crippen LogP contribution in [0.25, 0.3) is 0 Å². The molecule has 0 bridgehead atoms. The SMILES string of the molecule is Cc1nccc(N2CCCCC2c2cnccn2)n1. The Hall–Kier alpha value is -2.04. The fourth-order valence-electron chi connectivity index (χ4n) is 2.60. The second kappa shape index (κ2) is 5.30. The maximum atomic E-state index is 4.54. The molecule has 5 nitrogen and oxygen atoms in total. The molecule has 0 spiro atoms. The van der Waals surface area contributed by atoms with Gasteiger partial charge in [-0.15, -0.1) is 0 Å². The lowest BCUT2D eigenvalue weighted by molar-refractivity contribution is 0.460. The number of rotatable bonds is 2. The fraction of sp³-hybridized carbons (Fsp3) is 0.429. The Morgan fingerprint density at radius 1 is 1.16 bits per heavy atom. The summed E-state index contributed by atoms with van der Waals surface area (Å²) in [5.74, 6) is 1.80. The smallest absolute Gasteiger partial charge is 0.132 e. The van der Waals surface area contributed by atoms with Gasteiger partial charge < -0.3 is 4.90 Å². The molecule has 0 aromatic carbocycles. The molecule has 1 unspecified atom stereocenters. The lowest BCUT2D eigenvalue weighted by Crippen LogP contribution is -2.34. The minimum absolute atomic E-state index is 0.275. The van der Waals surface area contributed by atoms with Crippen molar-refractivity contribution in [3.8, 4) is 0 Å². The molecule has 1 aliphatic rings. The van der Waals surface area contributed by atoms with Crippen LogP contribution >= 0.6 is 0 Å². The van der Waals surface area contributed by atoms with Crippen molar-refractivity contribution in [3.05, 3.63) is 42.4 Å². The predicted octanol–water partition coefficient (Wildman–Crippen LogP) is 2.31. The maximum absolute atomic E-state index is 4.54. The van der Waals surface area contributed by atoms with Gasteiger partial charge in [-0.2, -0.15) is 0 Å². The van der Waals surface area contributed by atoms with E-state index in [0.717, 1.165) is 30.3 Å². The Balaban J connectivity index is 1.93. The van der Waals surface area contributed by atoms with Crippen molar-refractivity contribution in [2.24, 2.45) is 0 Å². The monoisotopic (exact) mass is 255 g/mol. The quantitative estimate of drug-likeness (QED) is 0.824. The summed E-state index contributed by atoms with van der Waals surface area (Å²) >= 11 is 0. The summed E-state index contributed by atoms with van der Waals surface area (Å²) in [6.07, 6.45) is 10.7. The fourth-order valence-corrected chi connectivity index (χ4v) is 2.60. The zero-order chi connectivity index (χ0) is 13.1. The molecule has 19 heavy (non-hydrogen) atoms. The highest BCUT2D eigenvalue weighted by atomic mass is 15.2. The molecule has 0 amide bonds. The van der Waals surface area contributed by atoms with Gasteiger partial charge in [0.25, 0.3) is 0 Å². The molecular weight excluding hydrogens is 238 g/mol. The van der Waals surface area contributed by atoms with Gasteiger partial charge in [-0.3, -0.25) is 9.97 Å². The zero-order valence-corrected chi connectivity index (χ0v) is 11.0. The molecule has 0 saturated carbocycles. The Morgan fingerprint density at radius 2 is 2.11 bits per heavy atom. The Kier molecular flexibility index (Phi) is 3.35. The minimum atomic E-state index is 0.275. The molecule has 3 heterocycles. The Morgan fingerprint density at radius 3 is 2.89 bits per heavy atom. The number of nitrogens with zero attached hydrogens (tertiary/aromatic N) is 5. The standard InChI is InChI=1S/C14H17N5/c1-11-16-6-5-14(18-11)19-9-3-2-4-13(19)12-10-15-7-8-17-12/h5-8,10,13H,2-4,9H2,1H3. The minimum Gasteiger partial charge on any atom is -0.348 e. The van der Waals surface area contributed by atoms with Crippen LogP contribution in [-0.2, 0) is 0 Å². The molecule has 0 aliphatic carbocycles. The van der Waals surface area contributed by atoms with E-state index in [-0.39, 0.29) is 6.04 Å². The number of anilines is 1. The van der Waals surface area contributed by atoms with Crippen molar-refractivity contribution in [3.63, 3.8) is 0 Å². The maximum Gasteiger partial charge on any atom is 0.132 e. The van der Waals surface area contributed by atoms with E-state index in [1.54, 1.807) is 12.4 Å². The Labute approximate surface area is 112 Å². The van der Waals surface area contributed by atoms with Gasteiger partial charge in [0, 0.05) is 25.1 Å². The van der Waals surface area contributed by atoms with Crippen molar-refractivity contribution >= 4 is 5.82 Å². The molecular formula is C14H17N5.